The highest BCUT2D eigenvalue weighted by molar-refractivity contribution is 5.78. The fourth-order valence-corrected chi connectivity index (χ4v) is 3.58. The highest BCUT2D eigenvalue weighted by atomic mass is 16.5. The maximum Gasteiger partial charge on any atom is 0.326 e. The number of amides is 1. The predicted octanol–water partition coefficient (Wildman–Crippen LogP) is 2.03. The van der Waals surface area contributed by atoms with Crippen molar-refractivity contribution in [2.75, 3.05) is 13.1 Å². The smallest absolute Gasteiger partial charge is 0.326 e. The van der Waals surface area contributed by atoms with Crippen molar-refractivity contribution in [3.63, 3.8) is 0 Å². The number of nitrogens with zero attached hydrogens (tertiary/aromatic N) is 3. The molecule has 7 nitrogen and oxygen atoms in total. The van der Waals surface area contributed by atoms with Gasteiger partial charge in [-0.2, -0.15) is 0 Å². The normalized spacial score (nSPS) is 15.8. The quantitative estimate of drug-likeness (QED) is 0.791. The van der Waals surface area contributed by atoms with Crippen LogP contribution in [-0.2, 0) is 11.2 Å². The van der Waals surface area contributed by atoms with Gasteiger partial charge in [0.2, 0.25) is 5.91 Å². The molecule has 1 aliphatic rings. The minimum Gasteiger partial charge on any atom is -0.361 e. The van der Waals surface area contributed by atoms with E-state index in [1.165, 1.54) is 0 Å². The fourth-order valence-electron chi connectivity index (χ4n) is 3.58. The average Bonchev–Trinajstić information content (AvgIpc) is 3.17. The summed E-state index contributed by atoms with van der Waals surface area (Å²) in [4.78, 5) is 29.5. The van der Waals surface area contributed by atoms with Crippen molar-refractivity contribution in [1.29, 1.82) is 0 Å². The predicted molar refractivity (Wildman–Crippen MR) is 92.4 cm³/mol. The molecule has 3 aromatic rings. The molecule has 3 heterocycles. The van der Waals surface area contributed by atoms with Gasteiger partial charge in [0.1, 0.15) is 5.76 Å². The van der Waals surface area contributed by atoms with E-state index in [4.69, 9.17) is 4.52 Å². The maximum absolute atomic E-state index is 12.4. The molecule has 1 aliphatic heterocycles. The van der Waals surface area contributed by atoms with Gasteiger partial charge in [0.25, 0.3) is 0 Å². The first kappa shape index (κ1) is 15.7. The fraction of sp³-hybridized carbons (Fsp3) is 0.389. The molecular weight excluding hydrogens is 320 g/mol. The Labute approximate surface area is 144 Å². The molecule has 1 saturated heterocycles. The minimum absolute atomic E-state index is 0.0537. The Hall–Kier alpha value is -2.83. The number of piperidine rings is 1. The van der Waals surface area contributed by atoms with Crippen LogP contribution in [0.5, 0.6) is 0 Å². The average molecular weight is 340 g/mol. The number of carbonyl (C=O) groups excluding carboxylic acids is 1. The number of aryl methyl sites for hydroxylation is 1. The topological polar surface area (TPSA) is 84.1 Å². The zero-order chi connectivity index (χ0) is 17.4. The number of fused-ring (bicyclic) bond motifs is 1. The van der Waals surface area contributed by atoms with Crippen LogP contribution in [0, 0.1) is 6.92 Å². The lowest BCUT2D eigenvalue weighted by molar-refractivity contribution is -0.131. The van der Waals surface area contributed by atoms with Crippen LogP contribution >= 0.6 is 0 Å². The molecule has 0 spiro atoms. The van der Waals surface area contributed by atoms with Crippen LogP contribution in [0.4, 0.5) is 0 Å². The van der Waals surface area contributed by atoms with Gasteiger partial charge in [-0.1, -0.05) is 17.3 Å². The van der Waals surface area contributed by atoms with Crippen LogP contribution in [0.3, 0.4) is 0 Å². The van der Waals surface area contributed by atoms with Gasteiger partial charge in [-0.25, -0.2) is 4.79 Å². The molecule has 0 radical (unpaired) electrons. The van der Waals surface area contributed by atoms with Crippen LogP contribution in [0.1, 0.15) is 30.3 Å². The molecule has 1 amide bonds. The van der Waals surface area contributed by atoms with E-state index in [0.717, 1.165) is 23.9 Å². The van der Waals surface area contributed by atoms with Crippen molar-refractivity contribution in [1.82, 2.24) is 19.6 Å². The van der Waals surface area contributed by atoms with E-state index in [2.05, 4.69) is 10.1 Å². The van der Waals surface area contributed by atoms with E-state index in [-0.39, 0.29) is 24.1 Å². The van der Waals surface area contributed by atoms with Crippen molar-refractivity contribution in [3.8, 4) is 0 Å². The standard InChI is InChI=1S/C18H20N4O3/c1-12-10-13(20-25-12)11-17(23)21-8-6-14(7-9-21)22-16-5-3-2-4-15(16)19-18(22)24/h2-5,10,14H,6-9,11H2,1H3,(H,19,24). The molecule has 0 bridgehead atoms. The van der Waals surface area contributed by atoms with Crippen molar-refractivity contribution in [3.05, 3.63) is 52.3 Å². The van der Waals surface area contributed by atoms with Crippen LogP contribution in [0.2, 0.25) is 0 Å². The Balaban J connectivity index is 1.45. The van der Waals surface area contributed by atoms with Crippen molar-refractivity contribution < 1.29 is 9.32 Å². The Morgan fingerprint density at radius 1 is 1.32 bits per heavy atom. The molecule has 0 atom stereocenters. The molecule has 25 heavy (non-hydrogen) atoms. The molecule has 1 N–H and O–H groups in total. The van der Waals surface area contributed by atoms with Crippen molar-refractivity contribution in [2.24, 2.45) is 0 Å². The lowest BCUT2D eigenvalue weighted by atomic mass is 10.0. The second-order valence-electron chi connectivity index (χ2n) is 6.53. The number of imidazole rings is 1. The van der Waals surface area contributed by atoms with Gasteiger partial charge >= 0.3 is 5.69 Å². The number of aromatic amines is 1. The van der Waals surface area contributed by atoms with Gasteiger partial charge in [-0.3, -0.25) is 9.36 Å². The number of likely N-dealkylation sites (tertiary alicyclic amines) is 1. The zero-order valence-electron chi connectivity index (χ0n) is 14.1. The van der Waals surface area contributed by atoms with Crippen LogP contribution in [-0.4, -0.2) is 38.6 Å². The summed E-state index contributed by atoms with van der Waals surface area (Å²) < 4.78 is 6.84. The molecule has 130 valence electrons. The second kappa shape index (κ2) is 6.23. The largest absolute Gasteiger partial charge is 0.361 e. The monoisotopic (exact) mass is 340 g/mol. The molecule has 0 unspecified atom stereocenters. The zero-order valence-corrected chi connectivity index (χ0v) is 14.1. The number of para-hydroxylation sites is 2. The first-order valence-electron chi connectivity index (χ1n) is 8.51. The van der Waals surface area contributed by atoms with Gasteiger partial charge in [0, 0.05) is 25.2 Å². The first-order valence-corrected chi connectivity index (χ1v) is 8.51. The summed E-state index contributed by atoms with van der Waals surface area (Å²) in [5.74, 6) is 0.762. The Morgan fingerprint density at radius 3 is 2.80 bits per heavy atom. The van der Waals surface area contributed by atoms with E-state index >= 15 is 0 Å². The summed E-state index contributed by atoms with van der Waals surface area (Å²) in [5, 5.41) is 3.88. The van der Waals surface area contributed by atoms with E-state index in [0.29, 0.717) is 24.5 Å². The second-order valence-corrected chi connectivity index (χ2v) is 6.53. The molecule has 1 fully saturated rings. The maximum atomic E-state index is 12.4. The number of rotatable bonds is 3. The highest BCUT2D eigenvalue weighted by Crippen LogP contribution is 2.25. The van der Waals surface area contributed by atoms with Gasteiger partial charge in [-0.05, 0) is 31.9 Å². The summed E-state index contributed by atoms with van der Waals surface area (Å²) in [6.07, 6.45) is 1.80. The van der Waals surface area contributed by atoms with Crippen LogP contribution in [0.25, 0.3) is 11.0 Å². The molecule has 0 aliphatic carbocycles. The van der Waals surface area contributed by atoms with Gasteiger partial charge < -0.3 is 14.4 Å². The SMILES string of the molecule is Cc1cc(CC(=O)N2CCC(n3c(=O)[nH]c4ccccc43)CC2)no1. The first-order chi connectivity index (χ1) is 12.1. The lowest BCUT2D eigenvalue weighted by Crippen LogP contribution is -2.41. The molecule has 0 saturated carbocycles. The number of nitrogens with one attached hydrogen (secondary N) is 1. The Kier molecular flexibility index (Phi) is 3.91. The number of benzene rings is 1. The number of hydrogen-bond donors (Lipinski definition) is 1. The molecule has 4 rings (SSSR count). The minimum atomic E-state index is -0.0796. The molecular formula is C18H20N4O3. The third-order valence-corrected chi connectivity index (χ3v) is 4.82. The van der Waals surface area contributed by atoms with E-state index in [9.17, 15) is 9.59 Å². The third kappa shape index (κ3) is 2.97. The van der Waals surface area contributed by atoms with Crippen LogP contribution < -0.4 is 5.69 Å². The summed E-state index contributed by atoms with van der Waals surface area (Å²) in [5.41, 5.74) is 2.37. The van der Waals surface area contributed by atoms with Crippen molar-refractivity contribution >= 4 is 16.9 Å². The van der Waals surface area contributed by atoms with Gasteiger partial charge in [0.05, 0.1) is 23.1 Å². The number of carbonyl (C=O) groups is 1. The van der Waals surface area contributed by atoms with Crippen LogP contribution in [0.15, 0.2) is 39.6 Å². The van der Waals surface area contributed by atoms with E-state index < -0.39 is 0 Å². The number of hydrogen-bond acceptors (Lipinski definition) is 4. The van der Waals surface area contributed by atoms with E-state index in [1.807, 2.05) is 40.7 Å². The Morgan fingerprint density at radius 2 is 2.08 bits per heavy atom. The highest BCUT2D eigenvalue weighted by Gasteiger charge is 2.26. The van der Waals surface area contributed by atoms with E-state index in [1.54, 1.807) is 6.07 Å². The van der Waals surface area contributed by atoms with Gasteiger partial charge in [0.15, 0.2) is 0 Å². The Bertz CT molecular complexity index is 960. The number of H-pyrrole nitrogens is 1. The number of aromatic nitrogens is 3. The summed E-state index contributed by atoms with van der Waals surface area (Å²) in [6, 6.07) is 9.61. The third-order valence-electron chi connectivity index (χ3n) is 4.82. The summed E-state index contributed by atoms with van der Waals surface area (Å²) in [7, 11) is 0. The molecule has 2 aromatic heterocycles. The molecule has 1 aromatic carbocycles. The lowest BCUT2D eigenvalue weighted by Gasteiger charge is -2.32. The summed E-state index contributed by atoms with van der Waals surface area (Å²) in [6.45, 7) is 3.10. The van der Waals surface area contributed by atoms with Crippen molar-refractivity contribution in [2.45, 2.75) is 32.2 Å². The van der Waals surface area contributed by atoms with Gasteiger partial charge in [-0.15, -0.1) is 0 Å². The molecule has 7 heteroatoms. The summed E-state index contributed by atoms with van der Waals surface area (Å²) >= 11 is 0.